The van der Waals surface area contributed by atoms with Crippen molar-refractivity contribution in [1.82, 2.24) is 9.55 Å². The third kappa shape index (κ3) is 2.59. The lowest BCUT2D eigenvalue weighted by Crippen LogP contribution is -2.20. The number of ether oxygens (including phenoxy) is 1. The quantitative estimate of drug-likeness (QED) is 0.918. The second kappa shape index (κ2) is 5.96. The maximum absolute atomic E-state index is 6.22. The van der Waals surface area contributed by atoms with Crippen LogP contribution in [0.5, 0.6) is 5.75 Å². The molecule has 1 aromatic carbocycles. The summed E-state index contributed by atoms with van der Waals surface area (Å²) in [6.07, 6.45) is 6.65. The van der Waals surface area contributed by atoms with Crippen molar-refractivity contribution in [3.8, 4) is 5.75 Å². The van der Waals surface area contributed by atoms with E-state index in [-0.39, 0.29) is 0 Å². The largest absolute Gasteiger partial charge is 0.492 e. The first kappa shape index (κ1) is 14.2. The van der Waals surface area contributed by atoms with Gasteiger partial charge in [0.05, 0.1) is 12.1 Å². The number of nitrogens with zero attached hydrogens (tertiary/aromatic N) is 2. The summed E-state index contributed by atoms with van der Waals surface area (Å²) in [5.41, 5.74) is 8.20. The molecule has 3 rings (SSSR count). The van der Waals surface area contributed by atoms with Crippen molar-refractivity contribution in [2.75, 3.05) is 12.3 Å². The Hall–Kier alpha value is -1.71. The number of nitrogens with two attached hydrogens (primary N) is 1. The van der Waals surface area contributed by atoms with Gasteiger partial charge < -0.3 is 15.0 Å². The topological polar surface area (TPSA) is 53.1 Å². The molecule has 0 bridgehead atoms. The highest BCUT2D eigenvalue weighted by molar-refractivity contribution is 5.84. The van der Waals surface area contributed by atoms with Crippen molar-refractivity contribution >= 4 is 17.0 Å². The molecular weight excluding hydrogens is 262 g/mol. The Balaban J connectivity index is 2.01. The monoisotopic (exact) mass is 287 g/mol. The third-order valence-corrected chi connectivity index (χ3v) is 4.75. The number of rotatable bonds is 4. The van der Waals surface area contributed by atoms with Crippen molar-refractivity contribution in [3.05, 3.63) is 18.2 Å². The zero-order chi connectivity index (χ0) is 14.8. The van der Waals surface area contributed by atoms with Crippen LogP contribution in [0.25, 0.3) is 11.0 Å². The van der Waals surface area contributed by atoms with Gasteiger partial charge >= 0.3 is 0 Å². The average molecular weight is 287 g/mol. The molecule has 114 valence electrons. The number of benzene rings is 1. The van der Waals surface area contributed by atoms with E-state index >= 15 is 0 Å². The number of para-hydroxylation sites is 1. The second-order valence-electron chi connectivity index (χ2n) is 6.04. The minimum absolute atomic E-state index is 0.396. The van der Waals surface area contributed by atoms with E-state index in [0.29, 0.717) is 24.5 Å². The van der Waals surface area contributed by atoms with Crippen molar-refractivity contribution in [2.24, 2.45) is 5.92 Å². The Morgan fingerprint density at radius 2 is 2.10 bits per heavy atom. The van der Waals surface area contributed by atoms with Crippen LogP contribution >= 0.6 is 0 Å². The highest BCUT2D eigenvalue weighted by Gasteiger charge is 2.25. The number of hydrogen-bond acceptors (Lipinski definition) is 3. The lowest BCUT2D eigenvalue weighted by atomic mass is 9.84. The highest BCUT2D eigenvalue weighted by Crippen LogP contribution is 2.37. The van der Waals surface area contributed by atoms with Gasteiger partial charge in [-0.1, -0.05) is 25.3 Å². The number of fused-ring (bicyclic) bond motifs is 1. The van der Waals surface area contributed by atoms with E-state index in [0.717, 1.165) is 16.8 Å². The predicted octanol–water partition coefficient (Wildman–Crippen LogP) is 4.16. The summed E-state index contributed by atoms with van der Waals surface area (Å²) in [7, 11) is 0. The SMILES string of the molecule is CCOc1cccc2c1nc(N)n2C(C)C1CCCCC1. The molecule has 1 aliphatic rings. The smallest absolute Gasteiger partial charge is 0.201 e. The van der Waals surface area contributed by atoms with Crippen LogP contribution in [0, 0.1) is 5.92 Å². The summed E-state index contributed by atoms with van der Waals surface area (Å²) in [6, 6.07) is 6.49. The van der Waals surface area contributed by atoms with E-state index in [4.69, 9.17) is 10.5 Å². The van der Waals surface area contributed by atoms with Crippen molar-refractivity contribution in [3.63, 3.8) is 0 Å². The Kier molecular flexibility index (Phi) is 4.04. The number of imidazole rings is 1. The first-order chi connectivity index (χ1) is 10.2. The molecule has 2 aromatic rings. The molecule has 0 saturated heterocycles. The Labute approximate surface area is 126 Å². The number of hydrogen-bond donors (Lipinski definition) is 1. The molecule has 1 saturated carbocycles. The number of nitrogen functional groups attached to an aromatic ring is 1. The van der Waals surface area contributed by atoms with E-state index in [2.05, 4.69) is 22.5 Å². The van der Waals surface area contributed by atoms with Crippen LogP contribution in [0.1, 0.15) is 52.0 Å². The fourth-order valence-electron chi connectivity index (χ4n) is 3.64. The van der Waals surface area contributed by atoms with Gasteiger partial charge in [-0.3, -0.25) is 0 Å². The molecule has 1 atom stereocenters. The molecule has 1 unspecified atom stereocenters. The minimum Gasteiger partial charge on any atom is -0.492 e. The van der Waals surface area contributed by atoms with Crippen LogP contribution in [0.3, 0.4) is 0 Å². The summed E-state index contributed by atoms with van der Waals surface area (Å²) in [5, 5.41) is 0. The van der Waals surface area contributed by atoms with Crippen LogP contribution in [-0.4, -0.2) is 16.2 Å². The van der Waals surface area contributed by atoms with Gasteiger partial charge in [-0.05, 0) is 44.7 Å². The third-order valence-electron chi connectivity index (χ3n) is 4.75. The highest BCUT2D eigenvalue weighted by atomic mass is 16.5. The molecule has 0 aliphatic heterocycles. The van der Waals surface area contributed by atoms with E-state index in [1.165, 1.54) is 32.1 Å². The van der Waals surface area contributed by atoms with E-state index in [9.17, 15) is 0 Å². The summed E-state index contributed by atoms with van der Waals surface area (Å²) < 4.78 is 7.88. The summed E-state index contributed by atoms with van der Waals surface area (Å²) in [6.45, 7) is 4.91. The zero-order valence-electron chi connectivity index (χ0n) is 13.0. The predicted molar refractivity (Wildman–Crippen MR) is 86.6 cm³/mol. The molecule has 1 fully saturated rings. The summed E-state index contributed by atoms with van der Waals surface area (Å²) in [4.78, 5) is 4.56. The fourth-order valence-corrected chi connectivity index (χ4v) is 3.64. The second-order valence-corrected chi connectivity index (χ2v) is 6.04. The molecule has 0 amide bonds. The summed E-state index contributed by atoms with van der Waals surface area (Å²) in [5.74, 6) is 2.14. The molecule has 1 aliphatic carbocycles. The van der Waals surface area contributed by atoms with Crippen molar-refractivity contribution < 1.29 is 4.74 Å². The Bertz CT molecular complexity index is 614. The van der Waals surface area contributed by atoms with Gasteiger partial charge in [0.25, 0.3) is 0 Å². The number of aromatic nitrogens is 2. The lowest BCUT2D eigenvalue weighted by Gasteiger charge is -2.29. The summed E-state index contributed by atoms with van der Waals surface area (Å²) >= 11 is 0. The van der Waals surface area contributed by atoms with Crippen LogP contribution in [-0.2, 0) is 0 Å². The first-order valence-electron chi connectivity index (χ1n) is 8.11. The molecular formula is C17H25N3O. The van der Waals surface area contributed by atoms with E-state index in [1.54, 1.807) is 0 Å². The van der Waals surface area contributed by atoms with Gasteiger partial charge in [0.1, 0.15) is 11.3 Å². The molecule has 4 nitrogen and oxygen atoms in total. The van der Waals surface area contributed by atoms with Gasteiger partial charge in [-0.2, -0.15) is 0 Å². The first-order valence-corrected chi connectivity index (χ1v) is 8.11. The van der Waals surface area contributed by atoms with Gasteiger partial charge in [-0.25, -0.2) is 4.98 Å². The van der Waals surface area contributed by atoms with Gasteiger partial charge in [0.15, 0.2) is 0 Å². The Morgan fingerprint density at radius 1 is 1.33 bits per heavy atom. The minimum atomic E-state index is 0.396. The van der Waals surface area contributed by atoms with Gasteiger partial charge in [0.2, 0.25) is 5.95 Å². The molecule has 0 spiro atoms. The van der Waals surface area contributed by atoms with Crippen LogP contribution in [0.2, 0.25) is 0 Å². The van der Waals surface area contributed by atoms with Crippen LogP contribution < -0.4 is 10.5 Å². The maximum Gasteiger partial charge on any atom is 0.201 e. The Morgan fingerprint density at radius 3 is 2.81 bits per heavy atom. The van der Waals surface area contributed by atoms with Crippen LogP contribution in [0.4, 0.5) is 5.95 Å². The standard InChI is InChI=1S/C17H25N3O/c1-3-21-15-11-7-10-14-16(15)19-17(18)20(14)12(2)13-8-5-4-6-9-13/h7,10-13H,3-6,8-9H2,1-2H3,(H2,18,19). The molecule has 2 N–H and O–H groups in total. The van der Waals surface area contributed by atoms with Crippen molar-refractivity contribution in [1.29, 1.82) is 0 Å². The van der Waals surface area contributed by atoms with Gasteiger partial charge in [0, 0.05) is 6.04 Å². The van der Waals surface area contributed by atoms with E-state index in [1.807, 2.05) is 19.1 Å². The number of anilines is 1. The average Bonchev–Trinajstić information content (AvgIpc) is 2.85. The lowest BCUT2D eigenvalue weighted by molar-refractivity contribution is 0.269. The fraction of sp³-hybridized carbons (Fsp3) is 0.588. The molecule has 0 radical (unpaired) electrons. The van der Waals surface area contributed by atoms with Crippen molar-refractivity contribution in [2.45, 2.75) is 52.0 Å². The maximum atomic E-state index is 6.22. The molecule has 21 heavy (non-hydrogen) atoms. The molecule has 1 aromatic heterocycles. The van der Waals surface area contributed by atoms with E-state index < -0.39 is 0 Å². The van der Waals surface area contributed by atoms with Crippen LogP contribution in [0.15, 0.2) is 18.2 Å². The molecule has 1 heterocycles. The zero-order valence-corrected chi connectivity index (χ0v) is 13.0. The normalized spacial score (nSPS) is 18.0. The van der Waals surface area contributed by atoms with Gasteiger partial charge in [-0.15, -0.1) is 0 Å². The molecule has 4 heteroatoms.